The normalized spacial score (nSPS) is 25.2. The first-order valence-electron chi connectivity index (χ1n) is 8.84. The third-order valence-corrected chi connectivity index (χ3v) is 5.31. The van der Waals surface area contributed by atoms with Crippen LogP contribution in [0.5, 0.6) is 0 Å². The van der Waals surface area contributed by atoms with Gasteiger partial charge >= 0.3 is 0 Å². The molecule has 3 rings (SSSR count). The Labute approximate surface area is 138 Å². The number of nitrogens with zero attached hydrogens (tertiary/aromatic N) is 2. The number of hydrogen-bond acceptors (Lipinski definition) is 2. The van der Waals surface area contributed by atoms with Crippen LogP contribution in [0.2, 0.25) is 0 Å². The van der Waals surface area contributed by atoms with Crippen molar-refractivity contribution in [2.75, 3.05) is 26.2 Å². The first kappa shape index (κ1) is 16.1. The van der Waals surface area contributed by atoms with Crippen LogP contribution in [0.3, 0.4) is 0 Å². The standard InChI is InChI=1S/C18H27N3O2/c1-2-3-11-20-13-18(9-7-16(20)22)8-5-12-21(14-18)17(23)15-6-4-10-19-15/h4,6,10,19H,2-3,5,7-9,11-14H2,1H3. The summed E-state index contributed by atoms with van der Waals surface area (Å²) in [7, 11) is 0. The molecule has 1 aromatic heterocycles. The van der Waals surface area contributed by atoms with E-state index in [-0.39, 0.29) is 17.2 Å². The molecule has 1 atom stereocenters. The molecule has 2 aliphatic heterocycles. The van der Waals surface area contributed by atoms with Crippen LogP contribution in [-0.4, -0.2) is 52.8 Å². The zero-order valence-corrected chi connectivity index (χ0v) is 14.0. The second-order valence-electron chi connectivity index (χ2n) is 7.08. The fourth-order valence-electron chi connectivity index (χ4n) is 4.00. The van der Waals surface area contributed by atoms with Crippen LogP contribution in [-0.2, 0) is 4.79 Å². The summed E-state index contributed by atoms with van der Waals surface area (Å²) in [5, 5.41) is 0. The zero-order chi connectivity index (χ0) is 16.3. The lowest BCUT2D eigenvalue weighted by Crippen LogP contribution is -2.55. The maximum Gasteiger partial charge on any atom is 0.270 e. The van der Waals surface area contributed by atoms with Crippen molar-refractivity contribution in [2.45, 2.75) is 45.4 Å². The number of hydrogen-bond donors (Lipinski definition) is 1. The quantitative estimate of drug-likeness (QED) is 0.928. The van der Waals surface area contributed by atoms with Crippen molar-refractivity contribution in [3.63, 3.8) is 0 Å². The second kappa shape index (κ2) is 6.77. The Bertz CT molecular complexity index is 555. The van der Waals surface area contributed by atoms with Crippen LogP contribution in [0.1, 0.15) is 55.9 Å². The first-order chi connectivity index (χ1) is 11.1. The Hall–Kier alpha value is -1.78. The summed E-state index contributed by atoms with van der Waals surface area (Å²) in [6.45, 7) is 5.44. The molecule has 2 amide bonds. The summed E-state index contributed by atoms with van der Waals surface area (Å²) in [6.07, 6.45) is 7.66. The Morgan fingerprint density at radius 3 is 2.96 bits per heavy atom. The molecule has 3 heterocycles. The van der Waals surface area contributed by atoms with Gasteiger partial charge in [0.1, 0.15) is 5.69 Å². The number of rotatable bonds is 4. The van der Waals surface area contributed by atoms with Crippen molar-refractivity contribution < 1.29 is 9.59 Å². The summed E-state index contributed by atoms with van der Waals surface area (Å²) in [5.74, 6) is 0.378. The maximum absolute atomic E-state index is 12.6. The summed E-state index contributed by atoms with van der Waals surface area (Å²) in [4.78, 5) is 31.8. The minimum absolute atomic E-state index is 0.0890. The van der Waals surface area contributed by atoms with Gasteiger partial charge in [-0.3, -0.25) is 9.59 Å². The highest BCUT2D eigenvalue weighted by Crippen LogP contribution is 2.39. The average Bonchev–Trinajstić information content (AvgIpc) is 3.10. The molecular formula is C18H27N3O2. The summed E-state index contributed by atoms with van der Waals surface area (Å²) in [6, 6.07) is 3.69. The predicted octanol–water partition coefficient (Wildman–Crippen LogP) is 2.66. The molecule has 0 aromatic carbocycles. The van der Waals surface area contributed by atoms with Crippen LogP contribution in [0.15, 0.2) is 18.3 Å². The van der Waals surface area contributed by atoms with Crippen molar-refractivity contribution in [1.82, 2.24) is 14.8 Å². The Morgan fingerprint density at radius 1 is 1.35 bits per heavy atom. The molecule has 0 radical (unpaired) electrons. The number of carbonyl (C=O) groups excluding carboxylic acids is 2. The van der Waals surface area contributed by atoms with E-state index in [1.165, 1.54) is 0 Å². The van der Waals surface area contributed by atoms with E-state index in [1.54, 1.807) is 6.20 Å². The number of aromatic amines is 1. The van der Waals surface area contributed by atoms with Crippen molar-refractivity contribution in [3.8, 4) is 0 Å². The van der Waals surface area contributed by atoms with E-state index in [1.807, 2.05) is 21.9 Å². The summed E-state index contributed by atoms with van der Waals surface area (Å²) >= 11 is 0. The molecule has 1 spiro atoms. The van der Waals surface area contributed by atoms with Crippen molar-refractivity contribution in [3.05, 3.63) is 24.0 Å². The molecule has 23 heavy (non-hydrogen) atoms. The van der Waals surface area contributed by atoms with Crippen LogP contribution in [0.4, 0.5) is 0 Å². The molecule has 126 valence electrons. The Kier molecular flexibility index (Phi) is 4.74. The van der Waals surface area contributed by atoms with E-state index < -0.39 is 0 Å². The predicted molar refractivity (Wildman–Crippen MR) is 89.1 cm³/mol. The van der Waals surface area contributed by atoms with Gasteiger partial charge in [-0.25, -0.2) is 0 Å². The number of carbonyl (C=O) groups is 2. The number of piperidine rings is 2. The minimum atomic E-state index is 0.0890. The van der Waals surface area contributed by atoms with Crippen molar-refractivity contribution in [2.24, 2.45) is 5.41 Å². The first-order valence-corrected chi connectivity index (χ1v) is 8.84. The lowest BCUT2D eigenvalue weighted by Gasteiger charge is -2.48. The monoisotopic (exact) mass is 317 g/mol. The molecular weight excluding hydrogens is 290 g/mol. The molecule has 5 nitrogen and oxygen atoms in total. The number of nitrogens with one attached hydrogen (secondary N) is 1. The molecule has 0 saturated carbocycles. The summed E-state index contributed by atoms with van der Waals surface area (Å²) < 4.78 is 0. The zero-order valence-electron chi connectivity index (χ0n) is 14.0. The molecule has 1 N–H and O–H groups in total. The molecule has 2 saturated heterocycles. The van der Waals surface area contributed by atoms with Gasteiger partial charge in [-0.1, -0.05) is 13.3 Å². The largest absolute Gasteiger partial charge is 0.357 e. The SMILES string of the molecule is CCCCN1CC2(CCCN(C(=O)c3ccc[nH]3)C2)CCC1=O. The van der Waals surface area contributed by atoms with E-state index in [9.17, 15) is 9.59 Å². The van der Waals surface area contributed by atoms with Gasteiger partial charge in [-0.2, -0.15) is 0 Å². The van der Waals surface area contributed by atoms with Crippen LogP contribution in [0, 0.1) is 5.41 Å². The van der Waals surface area contributed by atoms with Crippen molar-refractivity contribution >= 4 is 11.8 Å². The van der Waals surface area contributed by atoms with Gasteiger partial charge in [0.2, 0.25) is 5.91 Å². The van der Waals surface area contributed by atoms with Crippen LogP contribution >= 0.6 is 0 Å². The minimum Gasteiger partial charge on any atom is -0.357 e. The molecule has 0 bridgehead atoms. The number of H-pyrrole nitrogens is 1. The average molecular weight is 317 g/mol. The number of likely N-dealkylation sites (tertiary alicyclic amines) is 2. The van der Waals surface area contributed by atoms with E-state index in [2.05, 4.69) is 11.9 Å². The molecule has 1 aromatic rings. The lowest BCUT2D eigenvalue weighted by atomic mass is 9.73. The van der Waals surface area contributed by atoms with Crippen LogP contribution in [0.25, 0.3) is 0 Å². The van der Waals surface area contributed by atoms with Gasteiger partial charge in [0.05, 0.1) is 0 Å². The Balaban J connectivity index is 1.69. The van der Waals surface area contributed by atoms with E-state index in [0.29, 0.717) is 12.1 Å². The number of unbranched alkanes of at least 4 members (excludes halogenated alkanes) is 1. The number of amides is 2. The van der Waals surface area contributed by atoms with Crippen molar-refractivity contribution in [1.29, 1.82) is 0 Å². The highest BCUT2D eigenvalue weighted by Gasteiger charge is 2.42. The second-order valence-corrected chi connectivity index (χ2v) is 7.08. The highest BCUT2D eigenvalue weighted by molar-refractivity contribution is 5.92. The summed E-state index contributed by atoms with van der Waals surface area (Å²) in [5.41, 5.74) is 0.763. The van der Waals surface area contributed by atoms with E-state index in [4.69, 9.17) is 0 Å². The van der Waals surface area contributed by atoms with Gasteiger partial charge in [0.25, 0.3) is 5.91 Å². The topological polar surface area (TPSA) is 56.4 Å². The maximum atomic E-state index is 12.6. The van der Waals surface area contributed by atoms with Gasteiger partial charge in [0, 0.05) is 44.2 Å². The van der Waals surface area contributed by atoms with Gasteiger partial charge < -0.3 is 14.8 Å². The third-order valence-electron chi connectivity index (χ3n) is 5.31. The molecule has 5 heteroatoms. The van der Waals surface area contributed by atoms with Crippen LogP contribution < -0.4 is 0 Å². The fourth-order valence-corrected chi connectivity index (χ4v) is 4.00. The smallest absolute Gasteiger partial charge is 0.270 e. The fraction of sp³-hybridized carbons (Fsp3) is 0.667. The highest BCUT2D eigenvalue weighted by atomic mass is 16.2. The lowest BCUT2D eigenvalue weighted by molar-refractivity contribution is -0.139. The van der Waals surface area contributed by atoms with Gasteiger partial charge in [0.15, 0.2) is 0 Å². The molecule has 2 aliphatic rings. The van der Waals surface area contributed by atoms with E-state index >= 15 is 0 Å². The van der Waals surface area contributed by atoms with Gasteiger partial charge in [-0.05, 0) is 37.8 Å². The Morgan fingerprint density at radius 2 is 2.22 bits per heavy atom. The third kappa shape index (κ3) is 3.43. The molecule has 0 aliphatic carbocycles. The molecule has 1 unspecified atom stereocenters. The van der Waals surface area contributed by atoms with E-state index in [0.717, 1.165) is 58.3 Å². The van der Waals surface area contributed by atoms with Gasteiger partial charge in [-0.15, -0.1) is 0 Å². The number of aromatic nitrogens is 1. The molecule has 2 fully saturated rings.